The molecule has 0 saturated carbocycles. The Morgan fingerprint density at radius 1 is 1.47 bits per heavy atom. The van der Waals surface area contributed by atoms with E-state index < -0.39 is 0 Å². The molecule has 1 fully saturated rings. The number of ether oxygens (including phenoxy) is 1. The Kier molecular flexibility index (Phi) is 6.06. The highest BCUT2D eigenvalue weighted by Gasteiger charge is 2.23. The van der Waals surface area contributed by atoms with Gasteiger partial charge < -0.3 is 9.64 Å². The third-order valence-corrected chi connectivity index (χ3v) is 3.92. The average molecular weight is 267 g/mol. The maximum Gasteiger partial charge on any atom is 0.333 e. The zero-order chi connectivity index (χ0) is 14.4. The molecule has 1 saturated heterocycles. The molecule has 0 spiro atoms. The minimum atomic E-state index is -0.331. The average Bonchev–Trinajstić information content (AvgIpc) is 2.57. The molecule has 4 heteroatoms. The lowest BCUT2D eigenvalue weighted by molar-refractivity contribution is -0.136. The van der Waals surface area contributed by atoms with Crippen LogP contribution in [0.5, 0.6) is 0 Å². The highest BCUT2D eigenvalue weighted by Crippen LogP contribution is 2.25. The maximum absolute atomic E-state index is 12.0. The first-order valence-corrected chi connectivity index (χ1v) is 6.98. The fourth-order valence-corrected chi connectivity index (χ4v) is 2.41. The van der Waals surface area contributed by atoms with Crippen LogP contribution < -0.4 is 0 Å². The van der Waals surface area contributed by atoms with Gasteiger partial charge in [-0.15, -0.1) is 0 Å². The molecule has 0 aromatic heterocycles. The van der Waals surface area contributed by atoms with E-state index >= 15 is 0 Å². The summed E-state index contributed by atoms with van der Waals surface area (Å²) in [5.41, 5.74) is 0.556. The van der Waals surface area contributed by atoms with Crippen LogP contribution in [-0.4, -0.2) is 37.0 Å². The van der Waals surface area contributed by atoms with Crippen LogP contribution >= 0.6 is 0 Å². The van der Waals surface area contributed by atoms with Crippen molar-refractivity contribution in [2.75, 3.05) is 20.2 Å². The molecule has 0 radical (unpaired) electrons. The van der Waals surface area contributed by atoms with E-state index in [1.54, 1.807) is 13.0 Å². The lowest BCUT2D eigenvalue weighted by Crippen LogP contribution is -2.30. The molecule has 0 aromatic rings. The monoisotopic (exact) mass is 267 g/mol. The molecule has 1 unspecified atom stereocenters. The molecule has 1 heterocycles. The molecule has 1 aliphatic rings. The molecule has 0 aromatic carbocycles. The summed E-state index contributed by atoms with van der Waals surface area (Å²) < 4.78 is 4.64. The van der Waals surface area contributed by atoms with Gasteiger partial charge in [0.15, 0.2) is 0 Å². The van der Waals surface area contributed by atoms with E-state index in [-0.39, 0.29) is 11.9 Å². The molecule has 4 nitrogen and oxygen atoms in total. The third kappa shape index (κ3) is 4.69. The number of esters is 1. The van der Waals surface area contributed by atoms with E-state index in [2.05, 4.69) is 18.6 Å². The summed E-state index contributed by atoms with van der Waals surface area (Å²) in [4.78, 5) is 25.1. The Morgan fingerprint density at radius 3 is 2.74 bits per heavy atom. The van der Waals surface area contributed by atoms with Crippen LogP contribution in [0.2, 0.25) is 0 Å². The SMILES string of the molecule is COC(=O)C(C)=CCN1CCC(C(C)C)CCC1=O. The number of methoxy groups -OCH3 is 1. The molecule has 19 heavy (non-hydrogen) atoms. The van der Waals surface area contributed by atoms with Gasteiger partial charge in [0.25, 0.3) is 0 Å². The zero-order valence-corrected chi connectivity index (χ0v) is 12.4. The Labute approximate surface area is 115 Å². The Morgan fingerprint density at radius 2 is 2.16 bits per heavy atom. The van der Waals surface area contributed by atoms with Crippen molar-refractivity contribution in [1.29, 1.82) is 0 Å². The van der Waals surface area contributed by atoms with Crippen molar-refractivity contribution in [1.82, 2.24) is 4.90 Å². The van der Waals surface area contributed by atoms with Gasteiger partial charge in [0.2, 0.25) is 5.91 Å². The molecular weight excluding hydrogens is 242 g/mol. The summed E-state index contributed by atoms with van der Waals surface area (Å²) in [6, 6.07) is 0. The van der Waals surface area contributed by atoms with Crippen LogP contribution in [0.15, 0.2) is 11.6 Å². The summed E-state index contributed by atoms with van der Waals surface area (Å²) in [6.07, 6.45) is 4.43. The van der Waals surface area contributed by atoms with E-state index in [0.29, 0.717) is 30.4 Å². The van der Waals surface area contributed by atoms with Gasteiger partial charge in [-0.3, -0.25) is 4.79 Å². The van der Waals surface area contributed by atoms with Crippen LogP contribution in [0.4, 0.5) is 0 Å². The smallest absolute Gasteiger partial charge is 0.333 e. The van der Waals surface area contributed by atoms with E-state index in [9.17, 15) is 9.59 Å². The molecular formula is C15H25NO3. The molecule has 1 atom stereocenters. The van der Waals surface area contributed by atoms with Crippen LogP contribution in [-0.2, 0) is 14.3 Å². The van der Waals surface area contributed by atoms with Crippen molar-refractivity contribution in [3.63, 3.8) is 0 Å². The summed E-state index contributed by atoms with van der Waals surface area (Å²) in [6.45, 7) is 7.43. The van der Waals surface area contributed by atoms with Crippen LogP contribution in [0, 0.1) is 11.8 Å². The largest absolute Gasteiger partial charge is 0.466 e. The number of rotatable bonds is 4. The standard InChI is InChI=1S/C15H25NO3/c1-11(2)13-5-6-14(17)16(10-8-13)9-7-12(3)15(18)19-4/h7,11,13H,5-6,8-10H2,1-4H3. The molecule has 108 valence electrons. The number of nitrogens with zero attached hydrogens (tertiary/aromatic N) is 1. The number of carbonyl (C=O) groups excluding carboxylic acids is 2. The second-order valence-corrected chi connectivity index (χ2v) is 5.55. The summed E-state index contributed by atoms with van der Waals surface area (Å²) in [7, 11) is 1.37. The van der Waals surface area contributed by atoms with Gasteiger partial charge in [0.1, 0.15) is 0 Å². The van der Waals surface area contributed by atoms with Crippen molar-refractivity contribution in [2.45, 2.75) is 40.0 Å². The van der Waals surface area contributed by atoms with E-state index in [1.807, 2.05) is 4.90 Å². The summed E-state index contributed by atoms with van der Waals surface area (Å²) in [5.74, 6) is 1.11. The third-order valence-electron chi connectivity index (χ3n) is 3.92. The first-order chi connectivity index (χ1) is 8.95. The minimum Gasteiger partial charge on any atom is -0.466 e. The van der Waals surface area contributed by atoms with Gasteiger partial charge in [0, 0.05) is 25.1 Å². The first-order valence-electron chi connectivity index (χ1n) is 6.98. The van der Waals surface area contributed by atoms with Gasteiger partial charge in [-0.25, -0.2) is 4.79 Å². The van der Waals surface area contributed by atoms with Gasteiger partial charge in [-0.1, -0.05) is 19.9 Å². The van der Waals surface area contributed by atoms with Crippen molar-refractivity contribution in [2.24, 2.45) is 11.8 Å². The van der Waals surface area contributed by atoms with Gasteiger partial charge in [-0.05, 0) is 31.6 Å². The predicted octanol–water partition coefficient (Wildman–Crippen LogP) is 2.39. The Bertz CT molecular complexity index is 360. The van der Waals surface area contributed by atoms with Crippen molar-refractivity contribution in [3.8, 4) is 0 Å². The van der Waals surface area contributed by atoms with Crippen molar-refractivity contribution >= 4 is 11.9 Å². The minimum absolute atomic E-state index is 0.192. The number of hydrogen-bond acceptors (Lipinski definition) is 3. The maximum atomic E-state index is 12.0. The Balaban J connectivity index is 2.58. The van der Waals surface area contributed by atoms with Crippen molar-refractivity contribution < 1.29 is 14.3 Å². The van der Waals surface area contributed by atoms with E-state index in [0.717, 1.165) is 19.4 Å². The first kappa shape index (κ1) is 15.7. The highest BCUT2D eigenvalue weighted by molar-refractivity contribution is 5.87. The second-order valence-electron chi connectivity index (χ2n) is 5.55. The number of hydrogen-bond donors (Lipinski definition) is 0. The fourth-order valence-electron chi connectivity index (χ4n) is 2.41. The fraction of sp³-hybridized carbons (Fsp3) is 0.733. The highest BCUT2D eigenvalue weighted by atomic mass is 16.5. The normalized spacial score (nSPS) is 21.5. The lowest BCUT2D eigenvalue weighted by atomic mass is 9.89. The predicted molar refractivity (Wildman–Crippen MR) is 74.5 cm³/mol. The van der Waals surface area contributed by atoms with Crippen LogP contribution in [0.3, 0.4) is 0 Å². The zero-order valence-electron chi connectivity index (χ0n) is 12.4. The molecule has 0 bridgehead atoms. The summed E-state index contributed by atoms with van der Waals surface area (Å²) >= 11 is 0. The molecule has 0 aliphatic carbocycles. The van der Waals surface area contributed by atoms with E-state index in [1.165, 1.54) is 7.11 Å². The number of carbonyl (C=O) groups is 2. The van der Waals surface area contributed by atoms with Gasteiger partial charge in [0.05, 0.1) is 7.11 Å². The van der Waals surface area contributed by atoms with Crippen LogP contribution in [0.1, 0.15) is 40.0 Å². The second kappa shape index (κ2) is 7.31. The van der Waals surface area contributed by atoms with E-state index in [4.69, 9.17) is 0 Å². The van der Waals surface area contributed by atoms with Crippen molar-refractivity contribution in [3.05, 3.63) is 11.6 Å². The van der Waals surface area contributed by atoms with Crippen LogP contribution in [0.25, 0.3) is 0 Å². The topological polar surface area (TPSA) is 46.6 Å². The summed E-state index contributed by atoms with van der Waals surface area (Å²) in [5, 5.41) is 0. The number of amides is 1. The van der Waals surface area contributed by atoms with Gasteiger partial charge >= 0.3 is 5.97 Å². The van der Waals surface area contributed by atoms with Gasteiger partial charge in [-0.2, -0.15) is 0 Å². The molecule has 1 amide bonds. The molecule has 1 aliphatic heterocycles. The molecule has 1 rings (SSSR count). The quantitative estimate of drug-likeness (QED) is 0.580. The Hall–Kier alpha value is -1.32. The lowest BCUT2D eigenvalue weighted by Gasteiger charge is -2.20. The molecule has 0 N–H and O–H groups in total. The number of likely N-dealkylation sites (tertiary alicyclic amines) is 1.